The Morgan fingerprint density at radius 3 is 2.75 bits per heavy atom. The molecule has 8 heteroatoms. The minimum atomic E-state index is -0.390. The Morgan fingerprint density at radius 2 is 1.97 bits per heavy atom. The number of methoxy groups -OCH3 is 1. The number of hydrogen-bond acceptors (Lipinski definition) is 5. The largest absolute Gasteiger partial charge is 0.497 e. The van der Waals surface area contributed by atoms with Crippen LogP contribution in [0.5, 0.6) is 5.75 Å². The lowest BCUT2D eigenvalue weighted by molar-refractivity contribution is -0.117. The Balaban J connectivity index is 1.58. The molecule has 4 rings (SSSR count). The highest BCUT2D eigenvalue weighted by Crippen LogP contribution is 2.29. The molecule has 32 heavy (non-hydrogen) atoms. The van der Waals surface area contributed by atoms with Gasteiger partial charge < -0.3 is 21.1 Å². The number of halogens is 1. The van der Waals surface area contributed by atoms with Gasteiger partial charge in [0.15, 0.2) is 5.82 Å². The number of nitrogens with two attached hydrogens (primary N) is 1. The monoisotopic (exact) mass is 449 g/mol. The van der Waals surface area contributed by atoms with Gasteiger partial charge in [-0.25, -0.2) is 0 Å². The Labute approximate surface area is 190 Å². The maximum Gasteiger partial charge on any atom is 0.231 e. The molecule has 164 valence electrons. The number of ether oxygens (including phenoxy) is 1. The van der Waals surface area contributed by atoms with Crippen molar-refractivity contribution in [2.75, 3.05) is 24.3 Å². The number of H-pyrrole nitrogens is 1. The maximum absolute atomic E-state index is 13.1. The van der Waals surface area contributed by atoms with Gasteiger partial charge in [-0.15, -0.1) is 0 Å². The average molecular weight is 450 g/mol. The van der Waals surface area contributed by atoms with E-state index in [9.17, 15) is 4.79 Å². The molecule has 0 saturated carbocycles. The van der Waals surface area contributed by atoms with E-state index in [1.165, 1.54) is 0 Å². The van der Waals surface area contributed by atoms with Gasteiger partial charge in [-0.1, -0.05) is 29.8 Å². The zero-order chi connectivity index (χ0) is 22.5. The third-order valence-electron chi connectivity index (χ3n) is 5.19. The average Bonchev–Trinajstić information content (AvgIpc) is 3.19. The zero-order valence-corrected chi connectivity index (χ0v) is 18.3. The van der Waals surface area contributed by atoms with Gasteiger partial charge in [-0.2, -0.15) is 5.10 Å². The van der Waals surface area contributed by atoms with Crippen molar-refractivity contribution < 1.29 is 9.53 Å². The SMILES string of the molecule is COc1cccc(C(CCN)C(=O)Nc2ccc3[nH]nc(Nc4cccc(Cl)c4)c3c2)c1. The molecule has 1 unspecified atom stereocenters. The van der Waals surface area contributed by atoms with Gasteiger partial charge in [0.05, 0.1) is 18.5 Å². The fraction of sp³-hybridized carbons (Fsp3) is 0.167. The number of nitrogens with one attached hydrogen (secondary N) is 3. The molecule has 0 fully saturated rings. The van der Waals surface area contributed by atoms with E-state index >= 15 is 0 Å². The predicted octanol–water partition coefficient (Wildman–Crippen LogP) is 5.04. The van der Waals surface area contributed by atoms with Crippen molar-refractivity contribution in [2.45, 2.75) is 12.3 Å². The van der Waals surface area contributed by atoms with Crippen molar-refractivity contribution in [3.05, 3.63) is 77.3 Å². The fourth-order valence-corrected chi connectivity index (χ4v) is 3.78. The summed E-state index contributed by atoms with van der Waals surface area (Å²) in [6.45, 7) is 0.393. The first-order valence-electron chi connectivity index (χ1n) is 10.2. The van der Waals surface area contributed by atoms with Crippen LogP contribution in [0.3, 0.4) is 0 Å². The molecule has 1 aromatic heterocycles. The number of nitrogens with zero attached hydrogens (tertiary/aromatic N) is 1. The summed E-state index contributed by atoms with van der Waals surface area (Å²) in [6, 6.07) is 20.5. The molecule has 1 amide bonds. The van der Waals surface area contributed by atoms with Gasteiger partial charge in [0.2, 0.25) is 5.91 Å². The van der Waals surface area contributed by atoms with Crippen LogP contribution in [0.25, 0.3) is 10.9 Å². The van der Waals surface area contributed by atoms with Gasteiger partial charge in [0.25, 0.3) is 0 Å². The number of benzene rings is 3. The van der Waals surface area contributed by atoms with E-state index in [0.29, 0.717) is 35.2 Å². The molecule has 0 radical (unpaired) electrons. The number of hydrogen-bond donors (Lipinski definition) is 4. The van der Waals surface area contributed by atoms with Crippen molar-refractivity contribution in [3.8, 4) is 5.75 Å². The van der Waals surface area contributed by atoms with Crippen LogP contribution in [-0.4, -0.2) is 29.8 Å². The number of aromatic amines is 1. The molecule has 0 bridgehead atoms. The van der Waals surface area contributed by atoms with E-state index in [0.717, 1.165) is 22.2 Å². The number of carbonyl (C=O) groups is 1. The highest BCUT2D eigenvalue weighted by atomic mass is 35.5. The molecule has 7 nitrogen and oxygen atoms in total. The number of anilines is 3. The predicted molar refractivity (Wildman–Crippen MR) is 129 cm³/mol. The quantitative estimate of drug-likeness (QED) is 0.301. The molecule has 0 aliphatic heterocycles. The minimum Gasteiger partial charge on any atom is -0.497 e. The van der Waals surface area contributed by atoms with E-state index in [1.54, 1.807) is 7.11 Å². The molecule has 5 N–H and O–H groups in total. The van der Waals surface area contributed by atoms with Crippen molar-refractivity contribution >= 4 is 45.6 Å². The first kappa shape index (κ1) is 21.7. The topological polar surface area (TPSA) is 105 Å². The Hall–Kier alpha value is -3.55. The number of fused-ring (bicyclic) bond motifs is 1. The van der Waals surface area contributed by atoms with Crippen LogP contribution in [0.15, 0.2) is 66.7 Å². The second-order valence-electron chi connectivity index (χ2n) is 7.36. The summed E-state index contributed by atoms with van der Waals surface area (Å²) < 4.78 is 5.30. The summed E-state index contributed by atoms with van der Waals surface area (Å²) >= 11 is 6.08. The molecule has 0 aliphatic rings. The van der Waals surface area contributed by atoms with Gasteiger partial charge in [0, 0.05) is 21.8 Å². The number of rotatable bonds is 8. The van der Waals surface area contributed by atoms with Gasteiger partial charge in [0.1, 0.15) is 5.75 Å². The lowest BCUT2D eigenvalue weighted by Gasteiger charge is -2.17. The van der Waals surface area contributed by atoms with Crippen LogP contribution in [0.2, 0.25) is 5.02 Å². The van der Waals surface area contributed by atoms with Crippen LogP contribution >= 0.6 is 11.6 Å². The standard InChI is InChI=1S/C24H24ClN5O2/c1-32-19-7-2-4-15(12-19)20(10-11-26)24(31)28-18-8-9-22-21(14-18)23(30-29-22)27-17-6-3-5-16(25)13-17/h2-9,12-14,20H,10-11,26H2,1H3,(H,28,31)(H2,27,29,30). The van der Waals surface area contributed by atoms with E-state index in [2.05, 4.69) is 20.8 Å². The van der Waals surface area contributed by atoms with Crippen LogP contribution in [-0.2, 0) is 4.79 Å². The van der Waals surface area contributed by atoms with Crippen molar-refractivity contribution in [1.82, 2.24) is 10.2 Å². The summed E-state index contributed by atoms with van der Waals surface area (Å²) in [5, 5.41) is 15.1. The Bertz CT molecular complexity index is 1240. The van der Waals surface area contributed by atoms with Crippen LogP contribution in [0.4, 0.5) is 17.2 Å². The molecular formula is C24H24ClN5O2. The van der Waals surface area contributed by atoms with Crippen LogP contribution < -0.4 is 21.1 Å². The molecule has 1 atom stereocenters. The first-order valence-corrected chi connectivity index (χ1v) is 10.6. The normalized spacial score (nSPS) is 11.8. The summed E-state index contributed by atoms with van der Waals surface area (Å²) in [7, 11) is 1.60. The van der Waals surface area contributed by atoms with Crippen LogP contribution in [0.1, 0.15) is 17.9 Å². The molecule has 3 aromatic carbocycles. The third-order valence-corrected chi connectivity index (χ3v) is 5.42. The van der Waals surface area contributed by atoms with Crippen molar-refractivity contribution in [3.63, 3.8) is 0 Å². The number of amides is 1. The van der Waals surface area contributed by atoms with Gasteiger partial charge in [-0.3, -0.25) is 9.89 Å². The molecule has 0 spiro atoms. The number of aromatic nitrogens is 2. The second kappa shape index (κ2) is 9.72. The van der Waals surface area contributed by atoms with Gasteiger partial charge >= 0.3 is 0 Å². The highest BCUT2D eigenvalue weighted by Gasteiger charge is 2.21. The lowest BCUT2D eigenvalue weighted by Crippen LogP contribution is -2.23. The number of carbonyl (C=O) groups excluding carboxylic acids is 1. The summed E-state index contributed by atoms with van der Waals surface area (Å²) in [4.78, 5) is 13.1. The minimum absolute atomic E-state index is 0.129. The Morgan fingerprint density at radius 1 is 1.12 bits per heavy atom. The van der Waals surface area contributed by atoms with E-state index in [1.807, 2.05) is 66.7 Å². The van der Waals surface area contributed by atoms with Gasteiger partial charge in [-0.05, 0) is 67.1 Å². The molecule has 1 heterocycles. The molecule has 0 aliphatic carbocycles. The van der Waals surface area contributed by atoms with E-state index < -0.39 is 0 Å². The smallest absolute Gasteiger partial charge is 0.231 e. The molecular weight excluding hydrogens is 426 g/mol. The summed E-state index contributed by atoms with van der Waals surface area (Å²) in [5.74, 6) is 0.827. The van der Waals surface area contributed by atoms with Crippen molar-refractivity contribution in [1.29, 1.82) is 0 Å². The molecule has 0 saturated heterocycles. The maximum atomic E-state index is 13.1. The van der Waals surface area contributed by atoms with E-state index in [4.69, 9.17) is 22.1 Å². The second-order valence-corrected chi connectivity index (χ2v) is 7.80. The third kappa shape index (κ3) is 4.85. The zero-order valence-electron chi connectivity index (χ0n) is 17.6. The van der Waals surface area contributed by atoms with Crippen LogP contribution in [0, 0.1) is 0 Å². The first-order chi connectivity index (χ1) is 15.6. The Kier molecular flexibility index (Phi) is 6.58. The summed E-state index contributed by atoms with van der Waals surface area (Å²) in [6.07, 6.45) is 0.522. The summed E-state index contributed by atoms with van der Waals surface area (Å²) in [5.41, 5.74) is 8.99. The molecule has 4 aromatic rings. The lowest BCUT2D eigenvalue weighted by atomic mass is 9.94. The highest BCUT2D eigenvalue weighted by molar-refractivity contribution is 6.30. The van der Waals surface area contributed by atoms with E-state index in [-0.39, 0.29) is 11.8 Å². The fourth-order valence-electron chi connectivity index (χ4n) is 3.59. The van der Waals surface area contributed by atoms with Crippen molar-refractivity contribution in [2.24, 2.45) is 5.73 Å².